The molecule has 0 radical (unpaired) electrons. The molecule has 1 aromatic carbocycles. The van der Waals surface area contributed by atoms with Gasteiger partial charge >= 0.3 is 0 Å². The second kappa shape index (κ2) is 6.68. The van der Waals surface area contributed by atoms with Crippen molar-refractivity contribution in [3.63, 3.8) is 0 Å². The lowest BCUT2D eigenvalue weighted by atomic mass is 10.3. The summed E-state index contributed by atoms with van der Waals surface area (Å²) in [6, 6.07) is 5.55. The van der Waals surface area contributed by atoms with E-state index in [0.717, 1.165) is 16.2 Å². The van der Waals surface area contributed by atoms with Crippen LogP contribution in [-0.2, 0) is 10.5 Å². The first-order valence-electron chi connectivity index (χ1n) is 6.88. The summed E-state index contributed by atoms with van der Waals surface area (Å²) in [4.78, 5) is 12.0. The van der Waals surface area contributed by atoms with E-state index in [2.05, 4.69) is 20.1 Å². The van der Waals surface area contributed by atoms with Gasteiger partial charge in [0.1, 0.15) is 6.10 Å². The number of ether oxygens (including phenoxy) is 1. The van der Waals surface area contributed by atoms with E-state index in [1.54, 1.807) is 0 Å². The van der Waals surface area contributed by atoms with E-state index in [-0.39, 0.29) is 6.10 Å². The van der Waals surface area contributed by atoms with Crippen LogP contribution in [0.1, 0.15) is 31.7 Å². The summed E-state index contributed by atoms with van der Waals surface area (Å²) in [5.41, 5.74) is 1.79. The number of nitrogens with zero attached hydrogens (tertiary/aromatic N) is 3. The molecule has 22 heavy (non-hydrogen) atoms. The SMILES string of the molecule is CCO[C@H](C)c1noc(CSc2nc3ccc(Cl)cc3[nH]2)n1. The number of nitrogens with one attached hydrogen (secondary N) is 1. The van der Waals surface area contributed by atoms with E-state index in [0.29, 0.717) is 29.1 Å². The maximum Gasteiger partial charge on any atom is 0.237 e. The van der Waals surface area contributed by atoms with Gasteiger partial charge in [-0.05, 0) is 32.0 Å². The minimum atomic E-state index is -0.166. The summed E-state index contributed by atoms with van der Waals surface area (Å²) in [7, 11) is 0. The molecule has 6 nitrogen and oxygen atoms in total. The summed E-state index contributed by atoms with van der Waals surface area (Å²) in [6.45, 7) is 4.44. The van der Waals surface area contributed by atoms with Crippen LogP contribution >= 0.6 is 23.4 Å². The van der Waals surface area contributed by atoms with Gasteiger partial charge in [-0.3, -0.25) is 0 Å². The lowest BCUT2D eigenvalue weighted by molar-refractivity contribution is 0.0683. The third kappa shape index (κ3) is 3.43. The zero-order valence-electron chi connectivity index (χ0n) is 12.2. The van der Waals surface area contributed by atoms with Gasteiger partial charge in [0, 0.05) is 11.6 Å². The van der Waals surface area contributed by atoms with Crippen LogP contribution in [0.15, 0.2) is 27.9 Å². The summed E-state index contributed by atoms with van der Waals surface area (Å²) in [5, 5.41) is 5.40. The van der Waals surface area contributed by atoms with Crippen LogP contribution in [0.5, 0.6) is 0 Å². The first-order chi connectivity index (χ1) is 10.7. The molecule has 0 aliphatic carbocycles. The van der Waals surface area contributed by atoms with Gasteiger partial charge in [-0.2, -0.15) is 4.98 Å². The molecule has 0 fully saturated rings. The molecule has 0 spiro atoms. The van der Waals surface area contributed by atoms with E-state index in [1.807, 2.05) is 32.0 Å². The second-order valence-electron chi connectivity index (χ2n) is 4.64. The van der Waals surface area contributed by atoms with E-state index in [4.69, 9.17) is 20.9 Å². The summed E-state index contributed by atoms with van der Waals surface area (Å²) in [5.74, 6) is 1.65. The summed E-state index contributed by atoms with van der Waals surface area (Å²) < 4.78 is 10.7. The van der Waals surface area contributed by atoms with Crippen molar-refractivity contribution in [2.75, 3.05) is 6.61 Å². The number of benzene rings is 1. The fourth-order valence-corrected chi connectivity index (χ4v) is 2.87. The second-order valence-corrected chi connectivity index (χ2v) is 6.04. The van der Waals surface area contributed by atoms with Gasteiger partial charge in [0.25, 0.3) is 0 Å². The fraction of sp³-hybridized carbons (Fsp3) is 0.357. The van der Waals surface area contributed by atoms with Crippen LogP contribution in [0.2, 0.25) is 5.02 Å². The number of H-pyrrole nitrogens is 1. The lowest BCUT2D eigenvalue weighted by Gasteiger charge is -2.04. The van der Waals surface area contributed by atoms with Crippen molar-refractivity contribution in [3.05, 3.63) is 34.9 Å². The molecule has 0 saturated carbocycles. The number of aromatic nitrogens is 4. The molecule has 3 aromatic rings. The third-order valence-electron chi connectivity index (χ3n) is 3.02. The Kier molecular flexibility index (Phi) is 4.66. The van der Waals surface area contributed by atoms with Crippen LogP contribution in [0, 0.1) is 0 Å². The predicted molar refractivity (Wildman–Crippen MR) is 85.0 cm³/mol. The van der Waals surface area contributed by atoms with Gasteiger partial charge < -0.3 is 14.2 Å². The molecule has 0 unspecified atom stereocenters. The number of rotatable bonds is 6. The fourth-order valence-electron chi connectivity index (χ4n) is 1.97. The standard InChI is InChI=1S/C14H15ClN4O2S/c1-3-20-8(2)13-18-12(21-19-13)7-22-14-16-10-5-4-9(15)6-11(10)17-14/h4-6,8H,3,7H2,1-2H3,(H,16,17)/t8-/m1/s1. The number of fused-ring (bicyclic) bond motifs is 1. The molecule has 0 aliphatic rings. The predicted octanol–water partition coefficient (Wildman–Crippen LogP) is 3.99. The highest BCUT2D eigenvalue weighted by atomic mass is 35.5. The van der Waals surface area contributed by atoms with Crippen LogP contribution in [0.4, 0.5) is 0 Å². The molecule has 2 heterocycles. The number of imidazole rings is 1. The molecule has 0 amide bonds. The Morgan fingerprint density at radius 2 is 2.27 bits per heavy atom. The van der Waals surface area contributed by atoms with Crippen molar-refractivity contribution in [1.29, 1.82) is 0 Å². The summed E-state index contributed by atoms with van der Waals surface area (Å²) in [6.07, 6.45) is -0.166. The van der Waals surface area contributed by atoms with Crippen LogP contribution in [0.3, 0.4) is 0 Å². The van der Waals surface area contributed by atoms with Crippen molar-refractivity contribution in [3.8, 4) is 0 Å². The molecule has 0 saturated heterocycles. The van der Waals surface area contributed by atoms with Crippen LogP contribution in [-0.4, -0.2) is 26.7 Å². The Morgan fingerprint density at radius 3 is 3.09 bits per heavy atom. The topological polar surface area (TPSA) is 76.8 Å². The molecule has 1 N–H and O–H groups in total. The van der Waals surface area contributed by atoms with E-state index in [9.17, 15) is 0 Å². The summed E-state index contributed by atoms with van der Waals surface area (Å²) >= 11 is 7.46. The normalized spacial score (nSPS) is 12.9. The monoisotopic (exact) mass is 338 g/mol. The molecule has 0 aliphatic heterocycles. The number of aromatic amines is 1. The highest BCUT2D eigenvalue weighted by Crippen LogP contribution is 2.24. The molecular formula is C14H15ClN4O2S. The van der Waals surface area contributed by atoms with E-state index in [1.165, 1.54) is 11.8 Å². The molecule has 0 bridgehead atoms. The molecule has 3 rings (SSSR count). The minimum absolute atomic E-state index is 0.166. The van der Waals surface area contributed by atoms with Gasteiger partial charge in [0.15, 0.2) is 11.0 Å². The van der Waals surface area contributed by atoms with Gasteiger partial charge in [-0.25, -0.2) is 4.98 Å². The molecule has 1 atom stereocenters. The Hall–Kier alpha value is -1.57. The average Bonchev–Trinajstić information content (AvgIpc) is 3.11. The lowest BCUT2D eigenvalue weighted by Crippen LogP contribution is -2.01. The smallest absolute Gasteiger partial charge is 0.237 e. The first kappa shape index (κ1) is 15.3. The van der Waals surface area contributed by atoms with Crippen molar-refractivity contribution in [2.45, 2.75) is 30.9 Å². The quantitative estimate of drug-likeness (QED) is 0.685. The minimum Gasteiger partial charge on any atom is -0.371 e. The van der Waals surface area contributed by atoms with Crippen molar-refractivity contribution >= 4 is 34.4 Å². The van der Waals surface area contributed by atoms with E-state index >= 15 is 0 Å². The zero-order valence-corrected chi connectivity index (χ0v) is 13.7. The van der Waals surface area contributed by atoms with Gasteiger partial charge in [0.2, 0.25) is 5.89 Å². The Morgan fingerprint density at radius 1 is 1.41 bits per heavy atom. The van der Waals surface area contributed by atoms with E-state index < -0.39 is 0 Å². The molecule has 8 heteroatoms. The third-order valence-corrected chi connectivity index (χ3v) is 4.11. The first-order valence-corrected chi connectivity index (χ1v) is 8.24. The van der Waals surface area contributed by atoms with Crippen molar-refractivity contribution in [1.82, 2.24) is 20.1 Å². The number of halogens is 1. The Bertz CT molecular complexity index is 773. The largest absolute Gasteiger partial charge is 0.371 e. The zero-order chi connectivity index (χ0) is 15.5. The highest BCUT2D eigenvalue weighted by Gasteiger charge is 2.14. The van der Waals surface area contributed by atoms with Gasteiger partial charge in [0.05, 0.1) is 16.8 Å². The molecule has 2 aromatic heterocycles. The van der Waals surface area contributed by atoms with Crippen molar-refractivity contribution < 1.29 is 9.26 Å². The highest BCUT2D eigenvalue weighted by molar-refractivity contribution is 7.98. The Balaban J connectivity index is 1.66. The number of thioether (sulfide) groups is 1. The van der Waals surface area contributed by atoms with Crippen molar-refractivity contribution in [2.24, 2.45) is 0 Å². The van der Waals surface area contributed by atoms with Crippen LogP contribution in [0.25, 0.3) is 11.0 Å². The maximum atomic E-state index is 5.96. The molecular weight excluding hydrogens is 324 g/mol. The number of hydrogen-bond donors (Lipinski definition) is 1. The maximum absolute atomic E-state index is 5.96. The molecule has 116 valence electrons. The van der Waals surface area contributed by atoms with Gasteiger partial charge in [-0.1, -0.05) is 28.5 Å². The number of hydrogen-bond acceptors (Lipinski definition) is 6. The Labute approximate surface area is 136 Å². The van der Waals surface area contributed by atoms with Gasteiger partial charge in [-0.15, -0.1) is 0 Å². The average molecular weight is 339 g/mol. The van der Waals surface area contributed by atoms with Crippen LogP contribution < -0.4 is 0 Å².